The molecule has 0 amide bonds. The van der Waals surface area contributed by atoms with E-state index in [2.05, 4.69) is 5.32 Å². The van der Waals surface area contributed by atoms with E-state index < -0.39 is 23.6 Å². The van der Waals surface area contributed by atoms with Crippen LogP contribution in [0, 0.1) is 5.82 Å². The van der Waals surface area contributed by atoms with Gasteiger partial charge in [0.15, 0.2) is 0 Å². The molecule has 0 spiro atoms. The summed E-state index contributed by atoms with van der Waals surface area (Å²) in [6, 6.07) is 6.02. The van der Waals surface area contributed by atoms with Crippen LogP contribution in [0.4, 0.5) is 17.6 Å². The van der Waals surface area contributed by atoms with Crippen molar-refractivity contribution in [2.45, 2.75) is 12.2 Å². The predicted molar refractivity (Wildman–Crippen MR) is 76.4 cm³/mol. The summed E-state index contributed by atoms with van der Waals surface area (Å²) in [5.41, 5.74) is -1.27. The molecule has 0 saturated carbocycles. The van der Waals surface area contributed by atoms with Crippen molar-refractivity contribution in [3.05, 3.63) is 59.3 Å². The molecule has 2 aromatic rings. The summed E-state index contributed by atoms with van der Waals surface area (Å²) in [6.07, 6.45) is -3.28. The quantitative estimate of drug-likeness (QED) is 0.875. The van der Waals surface area contributed by atoms with Crippen LogP contribution >= 0.6 is 0 Å². The molecule has 124 valence electrons. The van der Waals surface area contributed by atoms with Crippen molar-refractivity contribution in [3.63, 3.8) is 0 Å². The second-order valence-electron chi connectivity index (χ2n) is 5.41. The molecule has 0 aliphatic carbocycles. The largest absolute Gasteiger partial charge is 0.467 e. The number of piperazine rings is 1. The molecule has 3 nitrogen and oxygen atoms in total. The van der Waals surface area contributed by atoms with Crippen molar-refractivity contribution >= 4 is 0 Å². The zero-order chi connectivity index (χ0) is 16.4. The van der Waals surface area contributed by atoms with Crippen LogP contribution < -0.4 is 5.32 Å². The van der Waals surface area contributed by atoms with E-state index in [0.717, 1.165) is 6.07 Å². The second kappa shape index (κ2) is 6.33. The highest BCUT2D eigenvalue weighted by molar-refractivity contribution is 5.34. The molecule has 1 N–H and O–H groups in total. The molecule has 3 rings (SSSR count). The number of alkyl halides is 3. The van der Waals surface area contributed by atoms with Crippen molar-refractivity contribution in [1.82, 2.24) is 10.2 Å². The molecule has 0 radical (unpaired) electrons. The summed E-state index contributed by atoms with van der Waals surface area (Å²) < 4.78 is 58.9. The lowest BCUT2D eigenvalue weighted by Crippen LogP contribution is -2.45. The van der Waals surface area contributed by atoms with Crippen molar-refractivity contribution in [2.24, 2.45) is 0 Å². The maximum atomic E-state index is 14.6. The molecule has 1 fully saturated rings. The number of rotatable bonds is 3. The van der Waals surface area contributed by atoms with Gasteiger partial charge in [-0.25, -0.2) is 4.39 Å². The third kappa shape index (κ3) is 3.25. The lowest BCUT2D eigenvalue weighted by atomic mass is 9.98. The van der Waals surface area contributed by atoms with E-state index in [1.807, 2.05) is 4.90 Å². The van der Waals surface area contributed by atoms with Crippen molar-refractivity contribution < 1.29 is 22.0 Å². The van der Waals surface area contributed by atoms with Crippen LogP contribution in [0.25, 0.3) is 0 Å². The molecule has 1 atom stereocenters. The Labute approximate surface area is 130 Å². The fourth-order valence-electron chi connectivity index (χ4n) is 2.90. The standard InChI is InChI=1S/C16H16F4N2O/c17-14-11(3-1-4-12(14)16(18,19)20)15(13-5-2-10-23-13)22-8-6-21-7-9-22/h1-5,10,15,21H,6-9H2/t15-/m0/s1. The van der Waals surface area contributed by atoms with Gasteiger partial charge in [-0.15, -0.1) is 0 Å². The van der Waals surface area contributed by atoms with Crippen LogP contribution in [0.2, 0.25) is 0 Å². The summed E-state index contributed by atoms with van der Waals surface area (Å²) in [6.45, 7) is 2.58. The Morgan fingerprint density at radius 3 is 2.43 bits per heavy atom. The number of halogens is 4. The Balaban J connectivity index is 2.07. The monoisotopic (exact) mass is 328 g/mol. The number of hydrogen-bond donors (Lipinski definition) is 1. The molecule has 1 aliphatic heterocycles. The van der Waals surface area contributed by atoms with E-state index in [1.54, 1.807) is 12.1 Å². The molecule has 2 heterocycles. The van der Waals surface area contributed by atoms with E-state index in [-0.39, 0.29) is 5.56 Å². The van der Waals surface area contributed by atoms with Gasteiger partial charge in [0.2, 0.25) is 0 Å². The van der Waals surface area contributed by atoms with Crippen molar-refractivity contribution in [1.29, 1.82) is 0 Å². The zero-order valence-corrected chi connectivity index (χ0v) is 12.2. The van der Waals surface area contributed by atoms with Gasteiger partial charge in [0.05, 0.1) is 17.9 Å². The second-order valence-corrected chi connectivity index (χ2v) is 5.41. The summed E-state index contributed by atoms with van der Waals surface area (Å²) in [7, 11) is 0. The van der Waals surface area contributed by atoms with Crippen LogP contribution in [0.5, 0.6) is 0 Å². The van der Waals surface area contributed by atoms with Gasteiger partial charge >= 0.3 is 6.18 Å². The molecule has 1 aromatic heterocycles. The fourth-order valence-corrected chi connectivity index (χ4v) is 2.90. The minimum absolute atomic E-state index is 0.0170. The Hall–Kier alpha value is -1.86. The summed E-state index contributed by atoms with van der Waals surface area (Å²) >= 11 is 0. The van der Waals surface area contributed by atoms with E-state index in [0.29, 0.717) is 31.9 Å². The predicted octanol–water partition coefficient (Wildman–Crippen LogP) is 3.43. The van der Waals surface area contributed by atoms with Gasteiger partial charge in [0.1, 0.15) is 11.6 Å². The van der Waals surface area contributed by atoms with Gasteiger partial charge in [-0.3, -0.25) is 4.90 Å². The third-order valence-corrected chi connectivity index (χ3v) is 3.96. The van der Waals surface area contributed by atoms with Gasteiger partial charge < -0.3 is 9.73 Å². The van der Waals surface area contributed by atoms with Crippen LogP contribution in [-0.4, -0.2) is 31.1 Å². The maximum Gasteiger partial charge on any atom is 0.419 e. The Bertz CT molecular complexity index is 649. The van der Waals surface area contributed by atoms with Gasteiger partial charge in [-0.1, -0.05) is 12.1 Å². The average Bonchev–Trinajstić information content (AvgIpc) is 3.03. The Kier molecular flexibility index (Phi) is 4.41. The lowest BCUT2D eigenvalue weighted by Gasteiger charge is -2.34. The van der Waals surface area contributed by atoms with E-state index in [9.17, 15) is 17.6 Å². The van der Waals surface area contributed by atoms with E-state index in [1.165, 1.54) is 18.4 Å². The molecule has 1 saturated heterocycles. The first-order valence-electron chi connectivity index (χ1n) is 7.32. The smallest absolute Gasteiger partial charge is 0.419 e. The average molecular weight is 328 g/mol. The Morgan fingerprint density at radius 2 is 1.83 bits per heavy atom. The highest BCUT2D eigenvalue weighted by atomic mass is 19.4. The van der Waals surface area contributed by atoms with Crippen LogP contribution in [-0.2, 0) is 6.18 Å². The minimum atomic E-state index is -4.72. The molecule has 1 aromatic carbocycles. The number of furan rings is 1. The normalized spacial score (nSPS) is 18.1. The molecule has 1 aliphatic rings. The van der Waals surface area contributed by atoms with Gasteiger partial charge in [0, 0.05) is 31.7 Å². The Morgan fingerprint density at radius 1 is 1.09 bits per heavy atom. The van der Waals surface area contributed by atoms with Crippen LogP contribution in [0.3, 0.4) is 0 Å². The third-order valence-electron chi connectivity index (χ3n) is 3.96. The molecule has 0 unspecified atom stereocenters. The van der Waals surface area contributed by atoms with Gasteiger partial charge in [0.25, 0.3) is 0 Å². The van der Waals surface area contributed by atoms with Gasteiger partial charge in [-0.2, -0.15) is 13.2 Å². The van der Waals surface area contributed by atoms with E-state index in [4.69, 9.17) is 4.42 Å². The number of hydrogen-bond acceptors (Lipinski definition) is 3. The summed E-state index contributed by atoms with van der Waals surface area (Å²) in [5.74, 6) is -0.801. The molecular formula is C16H16F4N2O. The van der Waals surface area contributed by atoms with Crippen LogP contribution in [0.1, 0.15) is 22.9 Å². The number of benzene rings is 1. The topological polar surface area (TPSA) is 28.4 Å². The summed E-state index contributed by atoms with van der Waals surface area (Å²) in [5, 5.41) is 3.17. The van der Waals surface area contributed by atoms with Crippen LogP contribution in [0.15, 0.2) is 41.0 Å². The first-order valence-corrected chi connectivity index (χ1v) is 7.32. The van der Waals surface area contributed by atoms with Crippen molar-refractivity contribution in [3.8, 4) is 0 Å². The molecule has 7 heteroatoms. The SMILES string of the molecule is Fc1c([C@@H](c2ccco2)N2CCNCC2)cccc1C(F)(F)F. The molecular weight excluding hydrogens is 312 g/mol. The maximum absolute atomic E-state index is 14.6. The highest BCUT2D eigenvalue weighted by Gasteiger charge is 2.37. The fraction of sp³-hybridized carbons (Fsp3) is 0.375. The highest BCUT2D eigenvalue weighted by Crippen LogP contribution is 2.37. The lowest BCUT2D eigenvalue weighted by molar-refractivity contribution is -0.140. The van der Waals surface area contributed by atoms with E-state index >= 15 is 0 Å². The zero-order valence-electron chi connectivity index (χ0n) is 12.2. The first kappa shape index (κ1) is 16.0. The number of nitrogens with one attached hydrogen (secondary N) is 1. The first-order chi connectivity index (χ1) is 11.0. The van der Waals surface area contributed by atoms with Gasteiger partial charge in [-0.05, 0) is 18.2 Å². The summed E-state index contributed by atoms with van der Waals surface area (Å²) in [4.78, 5) is 1.92. The molecule has 0 bridgehead atoms. The minimum Gasteiger partial charge on any atom is -0.467 e. The number of nitrogens with zero attached hydrogens (tertiary/aromatic N) is 1. The van der Waals surface area contributed by atoms with Crippen molar-refractivity contribution in [2.75, 3.05) is 26.2 Å². The molecule has 23 heavy (non-hydrogen) atoms.